The molecule has 0 bridgehead atoms. The molecule has 1 rings (SSSR count). The molecule has 10 heavy (non-hydrogen) atoms. The topological polar surface area (TPSA) is 38.7 Å². The molecular weight excluding hydrogens is 150 g/mol. The Morgan fingerprint density at radius 3 is 2.60 bits per heavy atom. The van der Waals surface area contributed by atoms with Crippen molar-refractivity contribution in [1.29, 1.82) is 0 Å². The van der Waals surface area contributed by atoms with E-state index in [0.29, 0.717) is 31.3 Å². The van der Waals surface area contributed by atoms with Gasteiger partial charge in [-0.1, -0.05) is 0 Å². The fourth-order valence-electron chi connectivity index (χ4n) is 0.947. The molecule has 0 unspecified atom stereocenters. The van der Waals surface area contributed by atoms with Gasteiger partial charge < -0.3 is 4.74 Å². The van der Waals surface area contributed by atoms with Gasteiger partial charge in [0.2, 0.25) is 0 Å². The standard InChI is InChI=1S/C6H13NO2S/c1-2-7-10(8)5-3-9-4-6-10/h2-6H2,1H3. The predicted octanol–water partition coefficient (Wildman–Crippen LogP) is 0.504. The summed E-state index contributed by atoms with van der Waals surface area (Å²) in [5.41, 5.74) is 0. The van der Waals surface area contributed by atoms with E-state index in [9.17, 15) is 4.21 Å². The van der Waals surface area contributed by atoms with Crippen LogP contribution >= 0.6 is 0 Å². The van der Waals surface area contributed by atoms with Crippen molar-refractivity contribution in [3.63, 3.8) is 0 Å². The van der Waals surface area contributed by atoms with Crippen LogP contribution in [0.2, 0.25) is 0 Å². The Kier molecular flexibility index (Phi) is 2.68. The van der Waals surface area contributed by atoms with Crippen molar-refractivity contribution in [3.05, 3.63) is 0 Å². The smallest absolute Gasteiger partial charge is 0.0590 e. The quantitative estimate of drug-likeness (QED) is 0.564. The third kappa shape index (κ3) is 1.95. The van der Waals surface area contributed by atoms with Gasteiger partial charge in [0.15, 0.2) is 0 Å². The summed E-state index contributed by atoms with van der Waals surface area (Å²) in [6.07, 6.45) is 0. The van der Waals surface area contributed by atoms with Crippen LogP contribution in [0.5, 0.6) is 0 Å². The van der Waals surface area contributed by atoms with Crippen molar-refractivity contribution < 1.29 is 8.95 Å². The van der Waals surface area contributed by atoms with Gasteiger partial charge in [0.1, 0.15) is 0 Å². The second kappa shape index (κ2) is 3.34. The van der Waals surface area contributed by atoms with Gasteiger partial charge >= 0.3 is 0 Å². The molecular formula is C6H13NO2S. The molecule has 1 fully saturated rings. The summed E-state index contributed by atoms with van der Waals surface area (Å²) in [6, 6.07) is 0. The Morgan fingerprint density at radius 2 is 2.10 bits per heavy atom. The Balaban J connectivity index is 2.66. The minimum absolute atomic E-state index is 0.613. The average Bonchev–Trinajstić information content (AvgIpc) is 1.89. The number of hydrogen-bond acceptors (Lipinski definition) is 3. The molecule has 1 aliphatic heterocycles. The van der Waals surface area contributed by atoms with Crippen LogP contribution in [0.25, 0.3) is 0 Å². The van der Waals surface area contributed by atoms with E-state index in [2.05, 4.69) is 4.36 Å². The lowest BCUT2D eigenvalue weighted by Crippen LogP contribution is -2.25. The Hall–Kier alpha value is -0.0900. The third-order valence-electron chi connectivity index (χ3n) is 1.46. The lowest BCUT2D eigenvalue weighted by Gasteiger charge is -2.15. The van der Waals surface area contributed by atoms with E-state index in [0.717, 1.165) is 0 Å². The second-order valence-electron chi connectivity index (χ2n) is 2.24. The molecule has 0 aromatic carbocycles. The number of hydrogen-bond donors (Lipinski definition) is 0. The molecule has 0 radical (unpaired) electrons. The Labute approximate surface area is 62.0 Å². The molecule has 0 N–H and O–H groups in total. The highest BCUT2D eigenvalue weighted by Gasteiger charge is 2.13. The fraction of sp³-hybridized carbons (Fsp3) is 1.00. The fourth-order valence-corrected chi connectivity index (χ4v) is 2.64. The van der Waals surface area contributed by atoms with Crippen molar-refractivity contribution in [3.8, 4) is 0 Å². The lowest BCUT2D eigenvalue weighted by molar-refractivity contribution is 0.158. The van der Waals surface area contributed by atoms with Gasteiger partial charge in [0.25, 0.3) is 0 Å². The normalized spacial score (nSPS) is 24.1. The third-order valence-corrected chi connectivity index (χ3v) is 3.80. The first kappa shape index (κ1) is 8.01. The zero-order valence-corrected chi connectivity index (χ0v) is 7.02. The molecule has 60 valence electrons. The van der Waals surface area contributed by atoms with E-state index in [1.54, 1.807) is 0 Å². The van der Waals surface area contributed by atoms with Crippen LogP contribution in [-0.2, 0) is 14.5 Å². The monoisotopic (exact) mass is 163 g/mol. The van der Waals surface area contributed by atoms with Crippen molar-refractivity contribution in [2.45, 2.75) is 6.92 Å². The summed E-state index contributed by atoms with van der Waals surface area (Å²) in [4.78, 5) is 0. The summed E-state index contributed by atoms with van der Waals surface area (Å²) < 4.78 is 20.7. The largest absolute Gasteiger partial charge is 0.379 e. The van der Waals surface area contributed by atoms with Gasteiger partial charge in [-0.2, -0.15) is 0 Å². The van der Waals surface area contributed by atoms with E-state index in [-0.39, 0.29) is 0 Å². The molecule has 0 saturated carbocycles. The summed E-state index contributed by atoms with van der Waals surface area (Å²) in [7, 11) is -1.84. The maximum absolute atomic E-state index is 11.6. The van der Waals surface area contributed by atoms with Gasteiger partial charge in [-0.15, -0.1) is 0 Å². The van der Waals surface area contributed by atoms with Gasteiger partial charge in [-0.25, -0.2) is 8.57 Å². The molecule has 1 heterocycles. The minimum atomic E-state index is -1.84. The number of ether oxygens (including phenoxy) is 1. The van der Waals surface area contributed by atoms with Crippen LogP contribution in [0.4, 0.5) is 0 Å². The zero-order valence-electron chi connectivity index (χ0n) is 6.21. The van der Waals surface area contributed by atoms with Crippen LogP contribution in [-0.4, -0.2) is 35.5 Å². The van der Waals surface area contributed by atoms with Crippen LogP contribution in [0.1, 0.15) is 6.92 Å². The van der Waals surface area contributed by atoms with Crippen molar-refractivity contribution >= 4 is 9.73 Å². The molecule has 1 saturated heterocycles. The highest BCUT2D eigenvalue weighted by molar-refractivity contribution is 7.93. The molecule has 3 nitrogen and oxygen atoms in total. The number of nitrogens with zero attached hydrogens (tertiary/aromatic N) is 1. The van der Waals surface area contributed by atoms with E-state index in [4.69, 9.17) is 4.74 Å². The van der Waals surface area contributed by atoms with E-state index in [1.165, 1.54) is 0 Å². The first-order valence-electron chi connectivity index (χ1n) is 3.53. The SMILES string of the molecule is CCN=S1(=O)CCOCC1. The molecule has 0 amide bonds. The first-order chi connectivity index (χ1) is 4.77. The van der Waals surface area contributed by atoms with Gasteiger partial charge in [0, 0.05) is 6.54 Å². The van der Waals surface area contributed by atoms with Crippen LogP contribution in [0.15, 0.2) is 4.36 Å². The second-order valence-corrected chi connectivity index (χ2v) is 4.86. The molecule has 0 spiro atoms. The van der Waals surface area contributed by atoms with E-state index in [1.807, 2.05) is 6.92 Å². The molecule has 0 atom stereocenters. The predicted molar refractivity (Wildman–Crippen MR) is 41.7 cm³/mol. The molecule has 4 heteroatoms. The Morgan fingerprint density at radius 1 is 1.50 bits per heavy atom. The van der Waals surface area contributed by atoms with Crippen molar-refractivity contribution in [2.75, 3.05) is 31.3 Å². The van der Waals surface area contributed by atoms with Crippen molar-refractivity contribution in [1.82, 2.24) is 0 Å². The van der Waals surface area contributed by atoms with E-state index >= 15 is 0 Å². The van der Waals surface area contributed by atoms with Crippen LogP contribution < -0.4 is 0 Å². The molecule has 0 aromatic rings. The average molecular weight is 163 g/mol. The van der Waals surface area contributed by atoms with Gasteiger partial charge in [-0.3, -0.25) is 0 Å². The van der Waals surface area contributed by atoms with Crippen molar-refractivity contribution in [2.24, 2.45) is 4.36 Å². The minimum Gasteiger partial charge on any atom is -0.379 e. The van der Waals surface area contributed by atoms with Crippen LogP contribution in [0.3, 0.4) is 0 Å². The zero-order chi connectivity index (χ0) is 7.45. The highest BCUT2D eigenvalue weighted by Crippen LogP contribution is 2.02. The summed E-state index contributed by atoms with van der Waals surface area (Å²) in [5.74, 6) is 1.25. The summed E-state index contributed by atoms with van der Waals surface area (Å²) >= 11 is 0. The highest BCUT2D eigenvalue weighted by atomic mass is 32.2. The van der Waals surface area contributed by atoms with Gasteiger partial charge in [-0.05, 0) is 6.92 Å². The number of rotatable bonds is 1. The van der Waals surface area contributed by atoms with E-state index < -0.39 is 9.73 Å². The summed E-state index contributed by atoms with van der Waals surface area (Å²) in [6.45, 7) is 3.81. The molecule has 0 aliphatic carbocycles. The maximum atomic E-state index is 11.6. The van der Waals surface area contributed by atoms with Gasteiger partial charge in [0.05, 0.1) is 34.4 Å². The molecule has 0 aromatic heterocycles. The first-order valence-corrected chi connectivity index (χ1v) is 5.38. The van der Waals surface area contributed by atoms with Crippen LogP contribution in [0, 0.1) is 0 Å². The summed E-state index contributed by atoms with van der Waals surface area (Å²) in [5, 5.41) is 0. The lowest BCUT2D eigenvalue weighted by atomic mass is 10.8. The maximum Gasteiger partial charge on any atom is 0.0590 e. The Bertz CT molecular complexity index is 194. The molecule has 1 aliphatic rings.